The van der Waals surface area contributed by atoms with Crippen molar-refractivity contribution in [1.82, 2.24) is 9.88 Å². The van der Waals surface area contributed by atoms with E-state index in [0.717, 1.165) is 0 Å². The van der Waals surface area contributed by atoms with E-state index in [-0.39, 0.29) is 17.9 Å². The zero-order valence-electron chi connectivity index (χ0n) is 16.0. The first-order valence-corrected chi connectivity index (χ1v) is 8.89. The van der Waals surface area contributed by atoms with Gasteiger partial charge in [0.15, 0.2) is 0 Å². The van der Waals surface area contributed by atoms with E-state index in [2.05, 4.69) is 4.98 Å². The van der Waals surface area contributed by atoms with Crippen LogP contribution in [0.4, 0.5) is 13.2 Å². The van der Waals surface area contributed by atoms with Crippen LogP contribution in [0.15, 0.2) is 18.5 Å². The molecule has 1 spiro atoms. The van der Waals surface area contributed by atoms with E-state index < -0.39 is 24.0 Å². The van der Waals surface area contributed by atoms with Crippen LogP contribution < -0.4 is 4.74 Å². The molecule has 3 heterocycles. The fraction of sp³-hybridized carbons (Fsp3) is 0.556. The second kappa shape index (κ2) is 9.28. The summed E-state index contributed by atoms with van der Waals surface area (Å²) in [4.78, 5) is 38.9. The Kier molecular flexibility index (Phi) is 7.24. The number of carbonyl (C=O) groups is 3. The molecule has 3 rings (SSSR count). The third kappa shape index (κ3) is 5.38. The van der Waals surface area contributed by atoms with Gasteiger partial charge in [0.05, 0.1) is 24.8 Å². The highest BCUT2D eigenvalue weighted by atomic mass is 19.4. The Labute approximate surface area is 169 Å². The van der Waals surface area contributed by atoms with Crippen LogP contribution in [-0.2, 0) is 14.3 Å². The molecule has 1 aromatic rings. The Morgan fingerprint density at radius 2 is 1.83 bits per heavy atom. The summed E-state index contributed by atoms with van der Waals surface area (Å²) in [5.41, 5.74) is 0.0315. The number of hydrogen-bond acceptors (Lipinski definition) is 6. The maximum Gasteiger partial charge on any atom is 0.490 e. The van der Waals surface area contributed by atoms with E-state index in [1.807, 2.05) is 0 Å². The number of halogens is 3. The number of amides is 1. The van der Waals surface area contributed by atoms with Crippen LogP contribution in [0.3, 0.4) is 0 Å². The van der Waals surface area contributed by atoms with E-state index in [4.69, 9.17) is 19.4 Å². The van der Waals surface area contributed by atoms with Crippen LogP contribution >= 0.6 is 0 Å². The number of aliphatic carboxylic acids is 2. The lowest BCUT2D eigenvalue weighted by atomic mass is 9.72. The zero-order chi connectivity index (χ0) is 22.5. The van der Waals surface area contributed by atoms with Crippen molar-refractivity contribution in [3.05, 3.63) is 24.0 Å². The normalized spacial score (nSPS) is 20.3. The molecule has 2 aliphatic rings. The van der Waals surface area contributed by atoms with Crippen LogP contribution in [0.2, 0.25) is 0 Å². The van der Waals surface area contributed by atoms with Gasteiger partial charge < -0.3 is 24.6 Å². The fourth-order valence-corrected chi connectivity index (χ4v) is 3.58. The number of alkyl halides is 3. The number of nitrogens with zero attached hydrogens (tertiary/aromatic N) is 2. The molecule has 12 heteroatoms. The fourth-order valence-electron chi connectivity index (χ4n) is 3.58. The quantitative estimate of drug-likeness (QED) is 0.736. The molecular formula is C18H21F3N2O7. The molecule has 30 heavy (non-hydrogen) atoms. The van der Waals surface area contributed by atoms with Gasteiger partial charge in [0.2, 0.25) is 0 Å². The van der Waals surface area contributed by atoms with Gasteiger partial charge in [-0.1, -0.05) is 0 Å². The molecule has 9 nitrogen and oxygen atoms in total. The summed E-state index contributed by atoms with van der Waals surface area (Å²) in [5.74, 6) is -3.84. The molecule has 1 atom stereocenters. The summed E-state index contributed by atoms with van der Waals surface area (Å²) in [6, 6.07) is 1.63. The summed E-state index contributed by atoms with van der Waals surface area (Å²) in [6.45, 7) is 1.77. The Balaban J connectivity index is 0.000000396. The molecule has 0 radical (unpaired) electrons. The standard InChI is InChI=1S/C16H20N2O5.C2HF3O2/c1-22-12-6-11(7-17-8-12)14(19)18-9-13(15(20)21)16(10-18)2-4-23-5-3-16;3-2(4,5)1(6)7/h6-8,13H,2-5,9-10H2,1H3,(H,20,21);(H,6,7). The lowest BCUT2D eigenvalue weighted by molar-refractivity contribution is -0.192. The van der Waals surface area contributed by atoms with Crippen molar-refractivity contribution in [3.8, 4) is 5.75 Å². The maximum absolute atomic E-state index is 12.7. The molecule has 2 fully saturated rings. The molecule has 1 aromatic heterocycles. The summed E-state index contributed by atoms with van der Waals surface area (Å²) in [7, 11) is 1.51. The van der Waals surface area contributed by atoms with Gasteiger partial charge >= 0.3 is 18.1 Å². The number of pyridine rings is 1. The van der Waals surface area contributed by atoms with Gasteiger partial charge in [0.25, 0.3) is 5.91 Å². The number of hydrogen-bond donors (Lipinski definition) is 2. The van der Waals surface area contributed by atoms with Crippen molar-refractivity contribution in [1.29, 1.82) is 0 Å². The predicted octanol–water partition coefficient (Wildman–Crippen LogP) is 1.68. The Bertz CT molecular complexity index is 794. The molecule has 2 N–H and O–H groups in total. The third-order valence-electron chi connectivity index (χ3n) is 5.16. The van der Waals surface area contributed by atoms with Gasteiger partial charge in [-0.15, -0.1) is 0 Å². The van der Waals surface area contributed by atoms with Crippen molar-refractivity contribution in [2.75, 3.05) is 33.4 Å². The number of aromatic nitrogens is 1. The van der Waals surface area contributed by atoms with E-state index >= 15 is 0 Å². The second-order valence-corrected chi connectivity index (χ2v) is 6.97. The predicted molar refractivity (Wildman–Crippen MR) is 94.0 cm³/mol. The van der Waals surface area contributed by atoms with Crippen molar-refractivity contribution in [2.45, 2.75) is 19.0 Å². The summed E-state index contributed by atoms with van der Waals surface area (Å²) in [5, 5.41) is 16.7. The molecule has 166 valence electrons. The van der Waals surface area contributed by atoms with E-state index in [1.165, 1.54) is 19.5 Å². The van der Waals surface area contributed by atoms with Crippen LogP contribution in [0.5, 0.6) is 5.75 Å². The monoisotopic (exact) mass is 434 g/mol. The smallest absolute Gasteiger partial charge is 0.490 e. The maximum atomic E-state index is 12.7. The highest BCUT2D eigenvalue weighted by Crippen LogP contribution is 2.44. The van der Waals surface area contributed by atoms with Crippen molar-refractivity contribution < 1.29 is 47.2 Å². The van der Waals surface area contributed by atoms with E-state index in [9.17, 15) is 27.9 Å². The average molecular weight is 434 g/mol. The summed E-state index contributed by atoms with van der Waals surface area (Å²) < 4.78 is 42.2. The Hall–Kier alpha value is -2.89. The van der Waals surface area contributed by atoms with Crippen molar-refractivity contribution in [3.63, 3.8) is 0 Å². The lowest BCUT2D eigenvalue weighted by Gasteiger charge is -2.36. The van der Waals surface area contributed by atoms with Crippen LogP contribution in [0, 0.1) is 11.3 Å². The minimum atomic E-state index is -5.08. The topological polar surface area (TPSA) is 126 Å². The second-order valence-electron chi connectivity index (χ2n) is 6.97. The zero-order valence-corrected chi connectivity index (χ0v) is 16.0. The number of carbonyl (C=O) groups excluding carboxylic acids is 1. The largest absolute Gasteiger partial charge is 0.495 e. The number of carboxylic acid groups (broad SMARTS) is 2. The summed E-state index contributed by atoms with van der Waals surface area (Å²) in [6.07, 6.45) is -0.732. The summed E-state index contributed by atoms with van der Waals surface area (Å²) >= 11 is 0. The number of carboxylic acids is 2. The average Bonchev–Trinajstić information content (AvgIpc) is 3.06. The minimum Gasteiger partial charge on any atom is -0.495 e. The van der Waals surface area contributed by atoms with Crippen LogP contribution in [0.25, 0.3) is 0 Å². The number of likely N-dealkylation sites (tertiary alicyclic amines) is 1. The first-order chi connectivity index (χ1) is 14.0. The molecule has 0 aromatic carbocycles. The number of ether oxygens (including phenoxy) is 2. The molecule has 0 bridgehead atoms. The van der Waals surface area contributed by atoms with Gasteiger partial charge in [-0.3, -0.25) is 14.6 Å². The molecule has 2 aliphatic heterocycles. The van der Waals surface area contributed by atoms with E-state index in [0.29, 0.717) is 43.9 Å². The first kappa shape index (κ1) is 23.4. The third-order valence-corrected chi connectivity index (χ3v) is 5.16. The van der Waals surface area contributed by atoms with Crippen LogP contribution in [0.1, 0.15) is 23.2 Å². The number of rotatable bonds is 3. The van der Waals surface area contributed by atoms with Crippen LogP contribution in [-0.4, -0.2) is 77.5 Å². The Morgan fingerprint density at radius 3 is 2.33 bits per heavy atom. The SMILES string of the molecule is COc1cncc(C(=O)N2CC(C(=O)O)C3(CCOCC3)C2)c1.O=C(O)C(F)(F)F. The van der Waals surface area contributed by atoms with Gasteiger partial charge in [-0.2, -0.15) is 13.2 Å². The van der Waals surface area contributed by atoms with Crippen molar-refractivity contribution >= 4 is 17.8 Å². The van der Waals surface area contributed by atoms with Gasteiger partial charge in [0, 0.05) is 37.9 Å². The first-order valence-electron chi connectivity index (χ1n) is 8.89. The molecule has 2 saturated heterocycles. The number of methoxy groups -OCH3 is 1. The lowest BCUT2D eigenvalue weighted by Crippen LogP contribution is -2.40. The van der Waals surface area contributed by atoms with Gasteiger partial charge in [-0.25, -0.2) is 4.79 Å². The molecule has 0 aliphatic carbocycles. The molecule has 1 unspecified atom stereocenters. The minimum absolute atomic E-state index is 0.203. The molecule has 1 amide bonds. The van der Waals surface area contributed by atoms with Gasteiger partial charge in [0.1, 0.15) is 5.75 Å². The molecular weight excluding hydrogens is 413 g/mol. The van der Waals surface area contributed by atoms with Crippen molar-refractivity contribution in [2.24, 2.45) is 11.3 Å². The highest BCUT2D eigenvalue weighted by Gasteiger charge is 2.52. The Morgan fingerprint density at radius 1 is 1.23 bits per heavy atom. The van der Waals surface area contributed by atoms with Gasteiger partial charge in [-0.05, 0) is 18.9 Å². The molecule has 0 saturated carbocycles. The van der Waals surface area contributed by atoms with E-state index in [1.54, 1.807) is 11.0 Å². The highest BCUT2D eigenvalue weighted by molar-refractivity contribution is 5.95.